The molecule has 1 rings (SSSR count). The number of aromatic nitrogens is 2. The van der Waals surface area contributed by atoms with Crippen molar-refractivity contribution in [3.8, 4) is 0 Å². The topological polar surface area (TPSA) is 17.8 Å². The van der Waals surface area contributed by atoms with Crippen LogP contribution in [0.3, 0.4) is 0 Å². The number of rotatable bonds is 4. The number of aryl methyl sites for hydroxylation is 1. The maximum absolute atomic E-state index is 4.18. The molecule has 0 aliphatic carbocycles. The largest absolute Gasteiger partial charge is 0.276 e. The highest BCUT2D eigenvalue weighted by atomic mass is 15.2. The molecule has 0 aliphatic rings. The van der Waals surface area contributed by atoms with Crippen LogP contribution in [0.2, 0.25) is 0 Å². The van der Waals surface area contributed by atoms with Crippen molar-refractivity contribution in [2.24, 2.45) is 7.05 Å². The molecule has 1 unspecified atom stereocenters. The van der Waals surface area contributed by atoms with Crippen molar-refractivity contribution < 1.29 is 0 Å². The van der Waals surface area contributed by atoms with Crippen LogP contribution < -0.4 is 0 Å². The van der Waals surface area contributed by atoms with Crippen molar-refractivity contribution in [1.82, 2.24) is 9.78 Å². The molecule has 1 atom stereocenters. The van der Waals surface area contributed by atoms with Crippen LogP contribution in [0.5, 0.6) is 0 Å². The Kier molecular flexibility index (Phi) is 3.32. The Morgan fingerprint density at radius 1 is 1.50 bits per heavy atom. The molecule has 12 heavy (non-hydrogen) atoms. The minimum atomic E-state index is 0.712. The molecule has 0 bridgehead atoms. The van der Waals surface area contributed by atoms with Crippen molar-refractivity contribution in [3.63, 3.8) is 0 Å². The lowest BCUT2D eigenvalue weighted by atomic mass is 9.95. The second-order valence-corrected chi connectivity index (χ2v) is 3.34. The number of hydrogen-bond acceptors (Lipinski definition) is 1. The van der Waals surface area contributed by atoms with Gasteiger partial charge in [0.25, 0.3) is 0 Å². The zero-order chi connectivity index (χ0) is 8.97. The van der Waals surface area contributed by atoms with E-state index in [0.717, 1.165) is 0 Å². The minimum Gasteiger partial charge on any atom is -0.276 e. The van der Waals surface area contributed by atoms with Crippen LogP contribution in [0.25, 0.3) is 0 Å². The Morgan fingerprint density at radius 2 is 2.25 bits per heavy atom. The summed E-state index contributed by atoms with van der Waals surface area (Å²) in [4.78, 5) is 0. The lowest BCUT2D eigenvalue weighted by Crippen LogP contribution is -1.94. The zero-order valence-electron chi connectivity index (χ0n) is 8.25. The van der Waals surface area contributed by atoms with Gasteiger partial charge in [0.1, 0.15) is 0 Å². The molecule has 1 heterocycles. The van der Waals surface area contributed by atoms with E-state index in [-0.39, 0.29) is 0 Å². The summed E-state index contributed by atoms with van der Waals surface area (Å²) in [5, 5.41) is 4.18. The summed E-state index contributed by atoms with van der Waals surface area (Å²) in [6, 6.07) is 0. The van der Waals surface area contributed by atoms with Gasteiger partial charge in [-0.1, -0.05) is 20.3 Å². The molecule has 2 heteroatoms. The van der Waals surface area contributed by atoms with Gasteiger partial charge in [0.05, 0.1) is 6.20 Å². The Hall–Kier alpha value is -0.790. The molecular weight excluding hydrogens is 148 g/mol. The lowest BCUT2D eigenvalue weighted by Gasteiger charge is -2.10. The molecular formula is C10H18N2. The molecule has 0 amide bonds. The maximum atomic E-state index is 4.18. The summed E-state index contributed by atoms with van der Waals surface area (Å²) in [6.07, 6.45) is 7.88. The molecule has 0 spiro atoms. The molecule has 2 nitrogen and oxygen atoms in total. The van der Waals surface area contributed by atoms with E-state index >= 15 is 0 Å². The molecule has 68 valence electrons. The highest BCUT2D eigenvalue weighted by Gasteiger charge is 2.09. The average Bonchev–Trinajstić information content (AvgIpc) is 2.47. The molecule has 1 aromatic rings. The summed E-state index contributed by atoms with van der Waals surface area (Å²) in [5.41, 5.74) is 1.39. The predicted octanol–water partition coefficient (Wildman–Crippen LogP) is 2.71. The molecule has 0 aromatic carbocycles. The lowest BCUT2D eigenvalue weighted by molar-refractivity contribution is 0.595. The second kappa shape index (κ2) is 4.29. The molecule has 1 aromatic heterocycles. The van der Waals surface area contributed by atoms with Crippen molar-refractivity contribution in [2.45, 2.75) is 39.0 Å². The fraction of sp³-hybridized carbons (Fsp3) is 0.700. The van der Waals surface area contributed by atoms with Gasteiger partial charge < -0.3 is 0 Å². The fourth-order valence-electron chi connectivity index (χ4n) is 1.61. The molecule has 0 saturated heterocycles. The van der Waals surface area contributed by atoms with E-state index in [4.69, 9.17) is 0 Å². The Bertz CT molecular complexity index is 227. The van der Waals surface area contributed by atoms with Gasteiger partial charge in [-0.25, -0.2) is 0 Å². The van der Waals surface area contributed by atoms with Crippen LogP contribution in [0.4, 0.5) is 0 Å². The quantitative estimate of drug-likeness (QED) is 0.672. The third kappa shape index (κ3) is 2.10. The van der Waals surface area contributed by atoms with Gasteiger partial charge in [0.15, 0.2) is 0 Å². The van der Waals surface area contributed by atoms with E-state index < -0.39 is 0 Å². The van der Waals surface area contributed by atoms with Crippen molar-refractivity contribution >= 4 is 0 Å². The predicted molar refractivity (Wildman–Crippen MR) is 51.1 cm³/mol. The van der Waals surface area contributed by atoms with Crippen molar-refractivity contribution in [2.75, 3.05) is 0 Å². The fourth-order valence-corrected chi connectivity index (χ4v) is 1.61. The van der Waals surface area contributed by atoms with E-state index in [0.29, 0.717) is 5.92 Å². The summed E-state index contributed by atoms with van der Waals surface area (Å²) in [5.74, 6) is 0.712. The van der Waals surface area contributed by atoms with E-state index in [2.05, 4.69) is 25.1 Å². The third-order valence-electron chi connectivity index (χ3n) is 2.33. The average molecular weight is 166 g/mol. The number of nitrogens with zero attached hydrogens (tertiary/aromatic N) is 2. The van der Waals surface area contributed by atoms with E-state index in [1.807, 2.05) is 17.9 Å². The third-order valence-corrected chi connectivity index (χ3v) is 2.33. The maximum Gasteiger partial charge on any atom is 0.0524 e. The molecule has 0 fully saturated rings. The molecule has 0 N–H and O–H groups in total. The van der Waals surface area contributed by atoms with Crippen molar-refractivity contribution in [1.29, 1.82) is 0 Å². The van der Waals surface area contributed by atoms with Gasteiger partial charge in [0, 0.05) is 13.2 Å². The number of hydrogen-bond donors (Lipinski definition) is 0. The Morgan fingerprint density at radius 3 is 2.67 bits per heavy atom. The van der Waals surface area contributed by atoms with Gasteiger partial charge in [-0.05, 0) is 24.3 Å². The summed E-state index contributed by atoms with van der Waals surface area (Å²) < 4.78 is 1.88. The Balaban J connectivity index is 2.66. The first-order valence-electron chi connectivity index (χ1n) is 4.76. The normalized spacial score (nSPS) is 13.2. The smallest absolute Gasteiger partial charge is 0.0524 e. The van der Waals surface area contributed by atoms with Crippen LogP contribution >= 0.6 is 0 Å². The van der Waals surface area contributed by atoms with Crippen LogP contribution in [-0.2, 0) is 7.05 Å². The van der Waals surface area contributed by atoms with E-state index in [1.54, 1.807) is 0 Å². The van der Waals surface area contributed by atoms with Gasteiger partial charge in [-0.3, -0.25) is 4.68 Å². The summed E-state index contributed by atoms with van der Waals surface area (Å²) in [7, 11) is 1.97. The van der Waals surface area contributed by atoms with Crippen molar-refractivity contribution in [3.05, 3.63) is 18.0 Å². The van der Waals surface area contributed by atoms with Gasteiger partial charge in [0.2, 0.25) is 0 Å². The van der Waals surface area contributed by atoms with Gasteiger partial charge >= 0.3 is 0 Å². The van der Waals surface area contributed by atoms with E-state index in [1.165, 1.54) is 24.8 Å². The zero-order valence-corrected chi connectivity index (χ0v) is 8.25. The second-order valence-electron chi connectivity index (χ2n) is 3.34. The first-order chi connectivity index (χ1) is 5.77. The standard InChI is InChI=1S/C10H18N2/c1-4-6-9(5-2)10-7-11-12(3)8-10/h7-9H,4-6H2,1-3H3. The molecule has 0 radical (unpaired) electrons. The first-order valence-corrected chi connectivity index (χ1v) is 4.76. The first kappa shape index (κ1) is 9.30. The molecule has 0 aliphatic heterocycles. The summed E-state index contributed by atoms with van der Waals surface area (Å²) >= 11 is 0. The van der Waals surface area contributed by atoms with Crippen LogP contribution in [-0.4, -0.2) is 9.78 Å². The van der Waals surface area contributed by atoms with Crippen LogP contribution in [0, 0.1) is 0 Å². The highest BCUT2D eigenvalue weighted by molar-refractivity contribution is 5.10. The van der Waals surface area contributed by atoms with Crippen LogP contribution in [0.15, 0.2) is 12.4 Å². The SMILES string of the molecule is CCCC(CC)c1cnn(C)c1. The minimum absolute atomic E-state index is 0.712. The molecule has 0 saturated carbocycles. The van der Waals surface area contributed by atoms with Gasteiger partial charge in [-0.15, -0.1) is 0 Å². The monoisotopic (exact) mass is 166 g/mol. The highest BCUT2D eigenvalue weighted by Crippen LogP contribution is 2.23. The van der Waals surface area contributed by atoms with E-state index in [9.17, 15) is 0 Å². The van der Waals surface area contributed by atoms with Crippen LogP contribution in [0.1, 0.15) is 44.6 Å². The summed E-state index contributed by atoms with van der Waals surface area (Å²) in [6.45, 7) is 4.48. The Labute approximate surface area is 74.6 Å². The van der Waals surface area contributed by atoms with Gasteiger partial charge in [-0.2, -0.15) is 5.10 Å².